The molecule has 1 atom stereocenters. The molecule has 0 spiro atoms. The fourth-order valence-corrected chi connectivity index (χ4v) is 2.38. The van der Waals surface area contributed by atoms with Gasteiger partial charge in [0.2, 0.25) is 0 Å². The zero-order valence-corrected chi connectivity index (χ0v) is 11.6. The molecule has 1 aliphatic heterocycles. The molecular weight excluding hydrogens is 244 g/mol. The first-order valence-corrected chi connectivity index (χ1v) is 6.36. The van der Waals surface area contributed by atoms with Crippen LogP contribution in [0.2, 0.25) is 0 Å². The van der Waals surface area contributed by atoms with Crippen molar-refractivity contribution in [2.45, 2.75) is 12.5 Å². The number of ether oxygens (including phenoxy) is 1. The SMILES string of the molecule is COc1cccc(C(=O)N2CCC(N(C)C)C2)c1O. The first-order chi connectivity index (χ1) is 9.04. The summed E-state index contributed by atoms with van der Waals surface area (Å²) in [4.78, 5) is 16.3. The second-order valence-corrected chi connectivity index (χ2v) is 5.01. The van der Waals surface area contributed by atoms with E-state index in [2.05, 4.69) is 4.90 Å². The van der Waals surface area contributed by atoms with E-state index in [-0.39, 0.29) is 11.7 Å². The minimum Gasteiger partial charge on any atom is -0.504 e. The lowest BCUT2D eigenvalue weighted by atomic mass is 10.1. The molecule has 1 fully saturated rings. The summed E-state index contributed by atoms with van der Waals surface area (Å²) < 4.78 is 5.03. The number of carbonyl (C=O) groups excluding carboxylic acids is 1. The molecule has 1 aromatic rings. The number of benzene rings is 1. The number of aromatic hydroxyl groups is 1. The third kappa shape index (κ3) is 2.66. The molecule has 1 aliphatic rings. The van der Waals surface area contributed by atoms with Crippen molar-refractivity contribution in [3.8, 4) is 11.5 Å². The first kappa shape index (κ1) is 13.7. The number of likely N-dealkylation sites (tertiary alicyclic amines) is 1. The average Bonchev–Trinajstić information content (AvgIpc) is 2.88. The third-order valence-corrected chi connectivity index (χ3v) is 3.63. The van der Waals surface area contributed by atoms with Crippen LogP contribution >= 0.6 is 0 Å². The molecule has 5 heteroatoms. The highest BCUT2D eigenvalue weighted by Gasteiger charge is 2.29. The Morgan fingerprint density at radius 2 is 2.21 bits per heavy atom. The van der Waals surface area contributed by atoms with Gasteiger partial charge in [0.05, 0.1) is 12.7 Å². The number of hydrogen-bond donors (Lipinski definition) is 1. The molecule has 1 unspecified atom stereocenters. The molecule has 1 N–H and O–H groups in total. The van der Waals surface area contributed by atoms with Crippen LogP contribution in [0.3, 0.4) is 0 Å². The van der Waals surface area contributed by atoms with Gasteiger partial charge in [0, 0.05) is 19.1 Å². The second kappa shape index (κ2) is 5.48. The Hall–Kier alpha value is -1.75. The second-order valence-electron chi connectivity index (χ2n) is 5.01. The van der Waals surface area contributed by atoms with Gasteiger partial charge in [-0.15, -0.1) is 0 Å². The molecule has 0 aromatic heterocycles. The number of nitrogens with zero attached hydrogens (tertiary/aromatic N) is 2. The predicted molar refractivity (Wildman–Crippen MR) is 72.7 cm³/mol. The van der Waals surface area contributed by atoms with Crippen LogP contribution in [0.15, 0.2) is 18.2 Å². The Morgan fingerprint density at radius 1 is 1.47 bits per heavy atom. The monoisotopic (exact) mass is 264 g/mol. The molecule has 1 heterocycles. The topological polar surface area (TPSA) is 53.0 Å². The van der Waals surface area contributed by atoms with E-state index in [0.29, 0.717) is 23.9 Å². The van der Waals surface area contributed by atoms with E-state index in [1.54, 1.807) is 23.1 Å². The Bertz CT molecular complexity index is 474. The highest BCUT2D eigenvalue weighted by molar-refractivity contribution is 5.97. The number of phenolic OH excluding ortho intramolecular Hbond substituents is 1. The number of phenols is 1. The van der Waals surface area contributed by atoms with Crippen molar-refractivity contribution in [1.82, 2.24) is 9.80 Å². The number of carbonyl (C=O) groups is 1. The summed E-state index contributed by atoms with van der Waals surface area (Å²) in [5, 5.41) is 10.0. The quantitative estimate of drug-likeness (QED) is 0.890. The van der Waals surface area contributed by atoms with E-state index in [0.717, 1.165) is 13.0 Å². The van der Waals surface area contributed by atoms with Crippen LogP contribution in [-0.4, -0.2) is 61.2 Å². The van der Waals surface area contributed by atoms with Gasteiger partial charge in [0.25, 0.3) is 5.91 Å². The van der Waals surface area contributed by atoms with E-state index in [9.17, 15) is 9.90 Å². The van der Waals surface area contributed by atoms with Gasteiger partial charge in [-0.3, -0.25) is 4.79 Å². The van der Waals surface area contributed by atoms with Crippen LogP contribution in [0.25, 0.3) is 0 Å². The summed E-state index contributed by atoms with van der Waals surface area (Å²) in [6.07, 6.45) is 0.962. The summed E-state index contributed by atoms with van der Waals surface area (Å²) in [5.41, 5.74) is 0.304. The maximum Gasteiger partial charge on any atom is 0.257 e. The standard InChI is InChI=1S/C14H20N2O3/c1-15(2)10-7-8-16(9-10)14(18)11-5-4-6-12(19-3)13(11)17/h4-6,10,17H,7-9H2,1-3H3. The average molecular weight is 264 g/mol. The van der Waals surface area contributed by atoms with Crippen molar-refractivity contribution in [2.24, 2.45) is 0 Å². The first-order valence-electron chi connectivity index (χ1n) is 6.36. The van der Waals surface area contributed by atoms with Crippen LogP contribution in [0.1, 0.15) is 16.8 Å². The highest BCUT2D eigenvalue weighted by Crippen LogP contribution is 2.31. The van der Waals surface area contributed by atoms with Crippen LogP contribution in [-0.2, 0) is 0 Å². The van der Waals surface area contributed by atoms with Crippen molar-refractivity contribution in [3.63, 3.8) is 0 Å². The number of para-hydroxylation sites is 1. The van der Waals surface area contributed by atoms with Crippen molar-refractivity contribution in [1.29, 1.82) is 0 Å². The molecule has 0 bridgehead atoms. The number of rotatable bonds is 3. The van der Waals surface area contributed by atoms with Gasteiger partial charge in [0.15, 0.2) is 11.5 Å². The molecule has 1 saturated heterocycles. The largest absolute Gasteiger partial charge is 0.504 e. The van der Waals surface area contributed by atoms with Crippen LogP contribution in [0, 0.1) is 0 Å². The third-order valence-electron chi connectivity index (χ3n) is 3.63. The van der Waals surface area contributed by atoms with Crippen LogP contribution < -0.4 is 4.74 Å². The lowest BCUT2D eigenvalue weighted by molar-refractivity contribution is 0.0779. The molecule has 104 valence electrons. The highest BCUT2D eigenvalue weighted by atomic mass is 16.5. The Balaban J connectivity index is 2.17. The minimum absolute atomic E-state index is 0.0803. The molecule has 2 rings (SSSR count). The number of methoxy groups -OCH3 is 1. The number of amides is 1. The van der Waals surface area contributed by atoms with E-state index in [4.69, 9.17) is 4.74 Å². The summed E-state index contributed by atoms with van der Waals surface area (Å²) >= 11 is 0. The van der Waals surface area contributed by atoms with Crippen LogP contribution in [0.5, 0.6) is 11.5 Å². The summed E-state index contributed by atoms with van der Waals surface area (Å²) in [6.45, 7) is 1.42. The maximum atomic E-state index is 12.4. The molecule has 5 nitrogen and oxygen atoms in total. The van der Waals surface area contributed by atoms with E-state index < -0.39 is 0 Å². The van der Waals surface area contributed by atoms with Crippen molar-refractivity contribution < 1.29 is 14.6 Å². The molecule has 0 saturated carbocycles. The Kier molecular flexibility index (Phi) is 3.95. The van der Waals surface area contributed by atoms with Crippen LogP contribution in [0.4, 0.5) is 0 Å². The molecular formula is C14H20N2O3. The normalized spacial score (nSPS) is 18.9. The lowest BCUT2D eigenvalue weighted by Crippen LogP contribution is -2.34. The van der Waals surface area contributed by atoms with Crippen molar-refractivity contribution in [2.75, 3.05) is 34.3 Å². The smallest absolute Gasteiger partial charge is 0.257 e. The molecule has 0 radical (unpaired) electrons. The number of hydrogen-bond acceptors (Lipinski definition) is 4. The Labute approximate surface area is 113 Å². The molecule has 0 aliphatic carbocycles. The van der Waals surface area contributed by atoms with Crippen molar-refractivity contribution in [3.05, 3.63) is 23.8 Å². The fourth-order valence-electron chi connectivity index (χ4n) is 2.38. The Morgan fingerprint density at radius 3 is 2.79 bits per heavy atom. The van der Waals surface area contributed by atoms with Gasteiger partial charge in [-0.25, -0.2) is 0 Å². The zero-order chi connectivity index (χ0) is 14.0. The minimum atomic E-state index is -0.138. The fraction of sp³-hybridized carbons (Fsp3) is 0.500. The van der Waals surface area contributed by atoms with Gasteiger partial charge in [0.1, 0.15) is 0 Å². The van der Waals surface area contributed by atoms with Gasteiger partial charge < -0.3 is 19.6 Å². The maximum absolute atomic E-state index is 12.4. The van der Waals surface area contributed by atoms with Crippen molar-refractivity contribution >= 4 is 5.91 Å². The van der Waals surface area contributed by atoms with Gasteiger partial charge in [-0.2, -0.15) is 0 Å². The zero-order valence-electron chi connectivity index (χ0n) is 11.6. The van der Waals surface area contributed by atoms with E-state index in [1.807, 2.05) is 14.1 Å². The molecule has 1 amide bonds. The molecule has 19 heavy (non-hydrogen) atoms. The van der Waals surface area contributed by atoms with Gasteiger partial charge >= 0.3 is 0 Å². The van der Waals surface area contributed by atoms with E-state index in [1.165, 1.54) is 7.11 Å². The van der Waals surface area contributed by atoms with Gasteiger partial charge in [-0.05, 0) is 32.6 Å². The summed E-state index contributed by atoms with van der Waals surface area (Å²) in [5.74, 6) is 0.109. The summed E-state index contributed by atoms with van der Waals surface area (Å²) in [7, 11) is 5.50. The van der Waals surface area contributed by atoms with Gasteiger partial charge in [-0.1, -0.05) is 6.07 Å². The van der Waals surface area contributed by atoms with E-state index >= 15 is 0 Å². The molecule has 1 aromatic carbocycles. The summed E-state index contributed by atoms with van der Waals surface area (Å²) in [6, 6.07) is 5.37. The number of likely N-dealkylation sites (N-methyl/N-ethyl adjacent to an activating group) is 1. The lowest BCUT2D eigenvalue weighted by Gasteiger charge is -2.21. The predicted octanol–water partition coefficient (Wildman–Crippen LogP) is 1.18.